The van der Waals surface area contributed by atoms with Crippen LogP contribution in [0.1, 0.15) is 39.5 Å². The van der Waals surface area contributed by atoms with Gasteiger partial charge in [0.1, 0.15) is 6.04 Å². The summed E-state index contributed by atoms with van der Waals surface area (Å²) in [5.41, 5.74) is 0. The second-order valence-electron chi connectivity index (χ2n) is 5.70. The molecule has 13 heteroatoms. The summed E-state index contributed by atoms with van der Waals surface area (Å²) in [5.74, 6) is -0.895. The van der Waals surface area contributed by atoms with Crippen LogP contribution in [-0.4, -0.2) is 54.7 Å². The molecule has 27 heavy (non-hydrogen) atoms. The van der Waals surface area contributed by atoms with Gasteiger partial charge in [0.05, 0.1) is 26.4 Å². The number of unbranched alkanes of at least 4 members (excludes halogenated alkanes) is 2. The number of carbonyl (C=O) groups is 2. The Morgan fingerprint density at radius 1 is 0.852 bits per heavy atom. The van der Waals surface area contributed by atoms with Crippen LogP contribution in [0.15, 0.2) is 0 Å². The number of esters is 1. The maximum Gasteiger partial charge on any atom is 0.407 e. The number of nitrogens with one attached hydrogen (secondary N) is 1. The molecular formula is C14H25N3O10. The Hall–Kier alpha value is -2.86. The number of alkyl carbamates (subject to hydrolysis) is 1. The fourth-order valence-corrected chi connectivity index (χ4v) is 1.78. The van der Waals surface area contributed by atoms with Crippen molar-refractivity contribution in [1.29, 1.82) is 0 Å². The molecule has 0 spiro atoms. The van der Waals surface area contributed by atoms with Crippen LogP contribution in [0.25, 0.3) is 0 Å². The Morgan fingerprint density at radius 2 is 1.30 bits per heavy atom. The van der Waals surface area contributed by atoms with E-state index in [9.17, 15) is 29.8 Å². The summed E-state index contributed by atoms with van der Waals surface area (Å²) in [6.07, 6.45) is 0.617. The first-order valence-electron chi connectivity index (χ1n) is 8.38. The van der Waals surface area contributed by atoms with E-state index in [4.69, 9.17) is 9.47 Å². The third-order valence-corrected chi connectivity index (χ3v) is 3.14. The first-order valence-corrected chi connectivity index (χ1v) is 8.38. The van der Waals surface area contributed by atoms with Gasteiger partial charge in [0.15, 0.2) is 0 Å². The van der Waals surface area contributed by atoms with E-state index in [-0.39, 0.29) is 32.3 Å². The van der Waals surface area contributed by atoms with Crippen molar-refractivity contribution in [2.45, 2.75) is 45.6 Å². The van der Waals surface area contributed by atoms with Gasteiger partial charge in [-0.05, 0) is 31.6 Å². The molecular weight excluding hydrogens is 370 g/mol. The molecule has 156 valence electrons. The van der Waals surface area contributed by atoms with E-state index in [1.807, 2.05) is 0 Å². The monoisotopic (exact) mass is 395 g/mol. The highest BCUT2D eigenvalue weighted by Gasteiger charge is 2.26. The van der Waals surface area contributed by atoms with Gasteiger partial charge in [0.25, 0.3) is 10.2 Å². The van der Waals surface area contributed by atoms with Crippen LogP contribution in [0.2, 0.25) is 0 Å². The number of carbonyl (C=O) groups excluding carboxylic acids is 2. The topological polar surface area (TPSA) is 169 Å². The van der Waals surface area contributed by atoms with Crippen molar-refractivity contribution in [1.82, 2.24) is 5.32 Å². The molecule has 0 aliphatic rings. The Balaban J connectivity index is 4.01. The largest absolute Gasteiger partial charge is 0.464 e. The summed E-state index contributed by atoms with van der Waals surface area (Å²) < 4.78 is 9.93. The molecule has 0 aliphatic carbocycles. The van der Waals surface area contributed by atoms with Crippen molar-refractivity contribution in [3.63, 3.8) is 0 Å². The van der Waals surface area contributed by atoms with Crippen molar-refractivity contribution in [2.24, 2.45) is 5.92 Å². The van der Waals surface area contributed by atoms with Gasteiger partial charge in [-0.15, -0.1) is 20.2 Å². The van der Waals surface area contributed by atoms with Crippen LogP contribution >= 0.6 is 0 Å². The van der Waals surface area contributed by atoms with E-state index in [2.05, 4.69) is 15.0 Å². The maximum absolute atomic E-state index is 12.0. The highest BCUT2D eigenvalue weighted by molar-refractivity contribution is 5.81. The van der Waals surface area contributed by atoms with Gasteiger partial charge in [-0.3, -0.25) is 0 Å². The maximum atomic E-state index is 12.0. The second kappa shape index (κ2) is 14.3. The molecule has 0 fully saturated rings. The zero-order valence-electron chi connectivity index (χ0n) is 15.3. The van der Waals surface area contributed by atoms with Crippen molar-refractivity contribution in [2.75, 3.05) is 26.4 Å². The molecule has 0 bridgehead atoms. The Morgan fingerprint density at radius 3 is 1.74 bits per heavy atom. The summed E-state index contributed by atoms with van der Waals surface area (Å²) >= 11 is 0. The zero-order chi connectivity index (χ0) is 20.7. The predicted molar refractivity (Wildman–Crippen MR) is 88.4 cm³/mol. The SMILES string of the molecule is CC(C)C(NC(=O)OCCCCO[N+](=O)[O-])C(=O)OCCCCO[N+](=O)[O-]. The molecule has 13 nitrogen and oxygen atoms in total. The smallest absolute Gasteiger partial charge is 0.407 e. The van der Waals surface area contributed by atoms with Crippen LogP contribution in [0.5, 0.6) is 0 Å². The Labute approximate surface area is 155 Å². The fraction of sp³-hybridized carbons (Fsp3) is 0.857. The number of hydrogen-bond acceptors (Lipinski definition) is 10. The van der Waals surface area contributed by atoms with Crippen LogP contribution < -0.4 is 5.32 Å². The summed E-state index contributed by atoms with van der Waals surface area (Å²) in [4.78, 5) is 51.9. The molecule has 1 atom stereocenters. The molecule has 0 saturated heterocycles. The van der Waals surface area contributed by atoms with Crippen molar-refractivity contribution >= 4 is 12.1 Å². The number of ether oxygens (including phenoxy) is 2. The van der Waals surface area contributed by atoms with Crippen molar-refractivity contribution in [3.8, 4) is 0 Å². The van der Waals surface area contributed by atoms with Gasteiger partial charge in [0, 0.05) is 0 Å². The molecule has 1 N–H and O–H groups in total. The predicted octanol–water partition coefficient (Wildman–Crippen LogP) is 1.26. The summed E-state index contributed by atoms with van der Waals surface area (Å²) in [6, 6.07) is -0.912. The van der Waals surface area contributed by atoms with Crippen LogP contribution in [-0.2, 0) is 23.9 Å². The average Bonchev–Trinajstić information content (AvgIpc) is 2.57. The highest BCUT2D eigenvalue weighted by Crippen LogP contribution is 2.06. The van der Waals surface area contributed by atoms with E-state index in [0.29, 0.717) is 25.7 Å². The first-order chi connectivity index (χ1) is 12.7. The molecule has 1 unspecified atom stereocenters. The third kappa shape index (κ3) is 14.0. The number of amides is 1. The lowest BCUT2D eigenvalue weighted by atomic mass is 10.1. The molecule has 0 aliphatic heterocycles. The minimum atomic E-state index is -0.912. The average molecular weight is 395 g/mol. The summed E-state index contributed by atoms with van der Waals surface area (Å²) in [5, 5.41) is 20.5. The van der Waals surface area contributed by atoms with Gasteiger partial charge in [-0.1, -0.05) is 13.8 Å². The fourth-order valence-electron chi connectivity index (χ4n) is 1.78. The Kier molecular flexibility index (Phi) is 12.8. The molecule has 0 saturated carbocycles. The minimum absolute atomic E-state index is 0.0171. The number of nitrogens with zero attached hydrogens (tertiary/aromatic N) is 2. The zero-order valence-corrected chi connectivity index (χ0v) is 15.3. The molecule has 0 radical (unpaired) electrons. The molecule has 0 heterocycles. The molecule has 0 aromatic carbocycles. The lowest BCUT2D eigenvalue weighted by Gasteiger charge is -2.20. The third-order valence-electron chi connectivity index (χ3n) is 3.14. The summed E-state index contributed by atoms with van der Waals surface area (Å²) in [6.45, 7) is 3.30. The van der Waals surface area contributed by atoms with Gasteiger partial charge >= 0.3 is 12.1 Å². The van der Waals surface area contributed by atoms with Gasteiger partial charge in [-0.2, -0.15) is 0 Å². The number of hydrogen-bond donors (Lipinski definition) is 1. The lowest BCUT2D eigenvalue weighted by molar-refractivity contribution is -0.757. The van der Waals surface area contributed by atoms with E-state index in [1.165, 1.54) is 0 Å². The second-order valence-corrected chi connectivity index (χ2v) is 5.70. The molecule has 1 amide bonds. The lowest BCUT2D eigenvalue weighted by Crippen LogP contribution is -2.45. The van der Waals surface area contributed by atoms with Gasteiger partial charge < -0.3 is 24.5 Å². The van der Waals surface area contributed by atoms with Gasteiger partial charge in [0.2, 0.25) is 0 Å². The van der Waals surface area contributed by atoms with Crippen molar-refractivity contribution < 1.29 is 38.9 Å². The van der Waals surface area contributed by atoms with E-state index in [0.717, 1.165) is 0 Å². The van der Waals surface area contributed by atoms with Crippen LogP contribution in [0.3, 0.4) is 0 Å². The number of rotatable bonds is 15. The van der Waals surface area contributed by atoms with Crippen molar-refractivity contribution in [3.05, 3.63) is 20.2 Å². The van der Waals surface area contributed by atoms with E-state index >= 15 is 0 Å². The molecule has 0 aromatic heterocycles. The standard InChI is InChI=1S/C14H25N3O10/c1-11(2)12(13(18)24-7-3-5-9-26-16(20)21)15-14(19)25-8-4-6-10-27-17(22)23/h11-12H,3-10H2,1-2H3,(H,15,19). The molecule has 0 aromatic rings. The molecule has 0 rings (SSSR count). The summed E-state index contributed by atoms with van der Waals surface area (Å²) in [7, 11) is 0. The highest BCUT2D eigenvalue weighted by atomic mass is 17.0. The minimum Gasteiger partial charge on any atom is -0.464 e. The van der Waals surface area contributed by atoms with Crippen LogP contribution in [0.4, 0.5) is 4.79 Å². The normalized spacial score (nSPS) is 11.4. The first kappa shape index (κ1) is 24.1. The van der Waals surface area contributed by atoms with Crippen LogP contribution in [0, 0.1) is 26.1 Å². The Bertz CT molecular complexity index is 486. The quantitative estimate of drug-likeness (QED) is 0.184. The van der Waals surface area contributed by atoms with E-state index in [1.54, 1.807) is 13.8 Å². The van der Waals surface area contributed by atoms with E-state index < -0.39 is 28.3 Å². The van der Waals surface area contributed by atoms with Gasteiger partial charge in [-0.25, -0.2) is 9.59 Å².